The second-order valence-corrected chi connectivity index (χ2v) is 3.02. The highest BCUT2D eigenvalue weighted by Crippen LogP contribution is 2.17. The van der Waals surface area contributed by atoms with E-state index in [0.29, 0.717) is 23.0 Å². The quantitative estimate of drug-likeness (QED) is 0.697. The molecule has 2 rings (SSSR count). The fourth-order valence-corrected chi connectivity index (χ4v) is 1.42. The van der Waals surface area contributed by atoms with Gasteiger partial charge in [-0.2, -0.15) is 0 Å². The van der Waals surface area contributed by atoms with E-state index in [-0.39, 0.29) is 0 Å². The topological polar surface area (TPSA) is 47.3 Å². The number of aldehydes is 1. The van der Waals surface area contributed by atoms with Gasteiger partial charge in [0, 0.05) is 5.56 Å². The van der Waals surface area contributed by atoms with E-state index < -0.39 is 5.63 Å². The second-order valence-electron chi connectivity index (χ2n) is 3.02. The molecule has 15 heavy (non-hydrogen) atoms. The third-order valence-corrected chi connectivity index (χ3v) is 2.10. The zero-order valence-corrected chi connectivity index (χ0v) is 7.84. The highest BCUT2D eigenvalue weighted by molar-refractivity contribution is 5.86. The lowest BCUT2D eigenvalue weighted by atomic mass is 10.0. The van der Waals surface area contributed by atoms with E-state index in [9.17, 15) is 9.59 Å². The Hall–Kier alpha value is -2.16. The summed E-state index contributed by atoms with van der Waals surface area (Å²) in [6, 6.07) is 10.5. The van der Waals surface area contributed by atoms with Gasteiger partial charge in [-0.25, -0.2) is 4.79 Å². The normalized spacial score (nSPS) is 9.87. The lowest BCUT2D eigenvalue weighted by Gasteiger charge is -2.01. The third-order valence-electron chi connectivity index (χ3n) is 2.10. The van der Waals surface area contributed by atoms with Gasteiger partial charge >= 0.3 is 5.63 Å². The molecule has 3 heteroatoms. The Morgan fingerprint density at radius 2 is 1.80 bits per heavy atom. The van der Waals surface area contributed by atoms with Gasteiger partial charge in [-0.15, -0.1) is 0 Å². The standard InChI is InChI=1S/C12H8O3/c13-8-10-6-7-15-12(14)11(10)9-4-2-1-3-5-9/h1-8H. The predicted molar refractivity (Wildman–Crippen MR) is 55.8 cm³/mol. The van der Waals surface area contributed by atoms with Crippen LogP contribution in [0.3, 0.4) is 0 Å². The molecule has 0 aliphatic carbocycles. The summed E-state index contributed by atoms with van der Waals surface area (Å²) in [6.45, 7) is 0. The molecule has 0 unspecified atom stereocenters. The summed E-state index contributed by atoms with van der Waals surface area (Å²) in [5.74, 6) is 0. The number of carbonyl (C=O) groups is 1. The van der Waals surface area contributed by atoms with Gasteiger partial charge in [0.2, 0.25) is 0 Å². The molecule has 1 heterocycles. The van der Waals surface area contributed by atoms with Crippen LogP contribution in [-0.2, 0) is 0 Å². The maximum Gasteiger partial charge on any atom is 0.344 e. The molecule has 0 aliphatic heterocycles. The van der Waals surface area contributed by atoms with Crippen LogP contribution in [0.4, 0.5) is 0 Å². The van der Waals surface area contributed by atoms with Gasteiger partial charge in [-0.05, 0) is 11.6 Å². The summed E-state index contributed by atoms with van der Waals surface area (Å²) >= 11 is 0. The van der Waals surface area contributed by atoms with Gasteiger partial charge in [0.25, 0.3) is 0 Å². The molecule has 0 bridgehead atoms. The average molecular weight is 200 g/mol. The van der Waals surface area contributed by atoms with Crippen molar-refractivity contribution in [2.75, 3.05) is 0 Å². The minimum atomic E-state index is -0.495. The summed E-state index contributed by atoms with van der Waals surface area (Å²) in [5, 5.41) is 0. The van der Waals surface area contributed by atoms with Crippen molar-refractivity contribution in [1.82, 2.24) is 0 Å². The first kappa shape index (κ1) is 9.40. The average Bonchev–Trinajstić information content (AvgIpc) is 2.29. The first-order chi connectivity index (χ1) is 7.33. The number of hydrogen-bond donors (Lipinski definition) is 0. The third kappa shape index (κ3) is 1.72. The number of hydrogen-bond acceptors (Lipinski definition) is 3. The maximum absolute atomic E-state index is 11.5. The van der Waals surface area contributed by atoms with Gasteiger partial charge in [0.05, 0.1) is 11.8 Å². The van der Waals surface area contributed by atoms with E-state index in [2.05, 4.69) is 0 Å². The van der Waals surface area contributed by atoms with Crippen LogP contribution < -0.4 is 5.63 Å². The zero-order valence-electron chi connectivity index (χ0n) is 7.84. The van der Waals surface area contributed by atoms with Crippen molar-refractivity contribution >= 4 is 6.29 Å². The second kappa shape index (κ2) is 3.92. The van der Waals surface area contributed by atoms with E-state index in [1.54, 1.807) is 24.3 Å². The lowest BCUT2D eigenvalue weighted by Crippen LogP contribution is -2.05. The van der Waals surface area contributed by atoms with Crippen molar-refractivity contribution < 1.29 is 9.21 Å². The van der Waals surface area contributed by atoms with Gasteiger partial charge in [0.1, 0.15) is 0 Å². The first-order valence-corrected chi connectivity index (χ1v) is 4.45. The van der Waals surface area contributed by atoms with Crippen LogP contribution in [0, 0.1) is 0 Å². The summed E-state index contributed by atoms with van der Waals surface area (Å²) in [5.41, 5.74) is 0.852. The Morgan fingerprint density at radius 3 is 2.47 bits per heavy atom. The molecular weight excluding hydrogens is 192 g/mol. The summed E-state index contributed by atoms with van der Waals surface area (Å²) in [6.07, 6.45) is 1.87. The molecular formula is C12H8O3. The van der Waals surface area contributed by atoms with Crippen LogP contribution in [-0.4, -0.2) is 6.29 Å². The van der Waals surface area contributed by atoms with Crippen LogP contribution in [0.25, 0.3) is 11.1 Å². The number of rotatable bonds is 2. The SMILES string of the molecule is O=Cc1ccoc(=O)c1-c1ccccc1. The molecule has 0 saturated heterocycles. The number of carbonyl (C=O) groups excluding carboxylic acids is 1. The van der Waals surface area contributed by atoms with E-state index in [4.69, 9.17) is 4.42 Å². The van der Waals surface area contributed by atoms with Crippen LogP contribution in [0.5, 0.6) is 0 Å². The summed E-state index contributed by atoms with van der Waals surface area (Å²) in [4.78, 5) is 22.2. The Labute approximate surface area is 86.0 Å². The highest BCUT2D eigenvalue weighted by atomic mass is 16.4. The molecule has 74 valence electrons. The van der Waals surface area contributed by atoms with Crippen molar-refractivity contribution in [1.29, 1.82) is 0 Å². The largest absolute Gasteiger partial charge is 0.431 e. The van der Waals surface area contributed by atoms with E-state index in [1.807, 2.05) is 6.07 Å². The summed E-state index contributed by atoms with van der Waals surface area (Å²) < 4.78 is 4.74. The molecule has 0 atom stereocenters. The maximum atomic E-state index is 11.5. The van der Waals surface area contributed by atoms with Gasteiger partial charge < -0.3 is 4.42 Å². The smallest absolute Gasteiger partial charge is 0.344 e. The van der Waals surface area contributed by atoms with Gasteiger partial charge in [-0.3, -0.25) is 4.79 Å². The van der Waals surface area contributed by atoms with Gasteiger partial charge in [-0.1, -0.05) is 30.3 Å². The van der Waals surface area contributed by atoms with E-state index >= 15 is 0 Å². The molecule has 0 radical (unpaired) electrons. The zero-order chi connectivity index (χ0) is 10.7. The van der Waals surface area contributed by atoms with Crippen LogP contribution >= 0.6 is 0 Å². The van der Waals surface area contributed by atoms with Crippen molar-refractivity contribution in [2.24, 2.45) is 0 Å². The molecule has 0 fully saturated rings. The van der Waals surface area contributed by atoms with Crippen molar-refractivity contribution in [3.05, 3.63) is 58.6 Å². The van der Waals surface area contributed by atoms with E-state index in [1.165, 1.54) is 12.3 Å². The Bertz CT molecular complexity index is 526. The highest BCUT2D eigenvalue weighted by Gasteiger charge is 2.09. The Kier molecular flexibility index (Phi) is 2.46. The molecule has 3 nitrogen and oxygen atoms in total. The van der Waals surface area contributed by atoms with Crippen LogP contribution in [0.15, 0.2) is 51.9 Å². The first-order valence-electron chi connectivity index (χ1n) is 4.45. The fourth-order valence-electron chi connectivity index (χ4n) is 1.42. The monoisotopic (exact) mass is 200 g/mol. The molecule has 0 saturated carbocycles. The van der Waals surface area contributed by atoms with Crippen molar-refractivity contribution in [2.45, 2.75) is 0 Å². The molecule has 1 aromatic carbocycles. The molecule has 2 aromatic rings. The van der Waals surface area contributed by atoms with Crippen molar-refractivity contribution in [3.63, 3.8) is 0 Å². The molecule has 1 aromatic heterocycles. The number of benzene rings is 1. The molecule has 0 aliphatic rings. The lowest BCUT2D eigenvalue weighted by molar-refractivity contribution is 0.112. The minimum absolute atomic E-state index is 0.313. The van der Waals surface area contributed by atoms with Crippen LogP contribution in [0.1, 0.15) is 10.4 Å². The fraction of sp³-hybridized carbons (Fsp3) is 0. The summed E-state index contributed by atoms with van der Waals surface area (Å²) in [7, 11) is 0. The minimum Gasteiger partial charge on any atom is -0.431 e. The molecule has 0 N–H and O–H groups in total. The Morgan fingerprint density at radius 1 is 1.07 bits per heavy atom. The van der Waals surface area contributed by atoms with Gasteiger partial charge in [0.15, 0.2) is 6.29 Å². The van der Waals surface area contributed by atoms with Crippen LogP contribution in [0.2, 0.25) is 0 Å². The predicted octanol–water partition coefficient (Wildman–Crippen LogP) is 2.12. The van der Waals surface area contributed by atoms with E-state index in [0.717, 1.165) is 0 Å². The van der Waals surface area contributed by atoms with Crippen molar-refractivity contribution in [3.8, 4) is 11.1 Å². The molecule has 0 amide bonds. The molecule has 0 spiro atoms. The Balaban J connectivity index is 2.72.